The predicted octanol–water partition coefficient (Wildman–Crippen LogP) is 7.17. The number of likely N-dealkylation sites (tertiary alicyclic amines) is 1. The van der Waals surface area contributed by atoms with Gasteiger partial charge in [-0.25, -0.2) is 0 Å². The number of carboxylic acid groups (broad SMARTS) is 1. The first-order valence-corrected chi connectivity index (χ1v) is 13.3. The Balaban J connectivity index is 1.47. The lowest BCUT2D eigenvalue weighted by molar-refractivity contribution is -0.142. The van der Waals surface area contributed by atoms with Gasteiger partial charge >= 0.3 is 5.97 Å². The number of carboxylic acids is 1. The highest BCUT2D eigenvalue weighted by molar-refractivity contribution is 6.36. The Kier molecular flexibility index (Phi) is 8.37. The Morgan fingerprint density at radius 2 is 1.46 bits per heavy atom. The average Bonchev–Trinajstić information content (AvgIpc) is 2.89. The maximum Gasteiger partial charge on any atom is 0.318 e. The Bertz CT molecular complexity index is 1170. The highest BCUT2D eigenvalue weighted by Gasteiger charge is 2.44. The number of ether oxygens (including phenoxy) is 1. The first-order valence-electron chi connectivity index (χ1n) is 12.6. The van der Waals surface area contributed by atoms with Gasteiger partial charge in [0, 0.05) is 24.7 Å². The Morgan fingerprint density at radius 1 is 0.919 bits per heavy atom. The lowest BCUT2D eigenvalue weighted by atomic mass is 9.69. The summed E-state index contributed by atoms with van der Waals surface area (Å²) in [5.74, 6) is -0.465. The van der Waals surface area contributed by atoms with Crippen LogP contribution in [0.5, 0.6) is 11.5 Å². The zero-order valence-corrected chi connectivity index (χ0v) is 22.7. The lowest BCUT2D eigenvalue weighted by Gasteiger charge is -2.44. The lowest BCUT2D eigenvalue weighted by Crippen LogP contribution is -2.51. The van der Waals surface area contributed by atoms with Crippen LogP contribution < -0.4 is 4.74 Å². The molecule has 196 valence electrons. The standard InChI is InChI=1S/C30H33Cl2NO4/c1-29(2,33-17-13-23(14-18-33)37-27-20-26(34)24(31)19-25(27)32)15-16-30(28(35)36,21-9-5-3-6-10-21)22-11-7-4-8-12-22/h3-12,19-20,23,34H,13-18H2,1-2H3,(H,35,36). The smallest absolute Gasteiger partial charge is 0.318 e. The molecule has 1 heterocycles. The summed E-state index contributed by atoms with van der Waals surface area (Å²) in [6.07, 6.45) is 2.73. The maximum atomic E-state index is 12.9. The van der Waals surface area contributed by atoms with E-state index in [1.165, 1.54) is 12.1 Å². The monoisotopic (exact) mass is 541 g/mol. The van der Waals surface area contributed by atoms with E-state index in [4.69, 9.17) is 27.9 Å². The molecule has 4 rings (SSSR count). The van der Waals surface area contributed by atoms with E-state index in [0.717, 1.165) is 37.1 Å². The fourth-order valence-electron chi connectivity index (χ4n) is 5.27. The molecule has 0 spiro atoms. The van der Waals surface area contributed by atoms with Crippen molar-refractivity contribution in [3.63, 3.8) is 0 Å². The van der Waals surface area contributed by atoms with Gasteiger partial charge in [0.05, 0.1) is 10.0 Å². The number of aliphatic carboxylic acids is 1. The SMILES string of the molecule is CC(C)(CCC(C(=O)O)(c1ccccc1)c1ccccc1)N1CCC(Oc2cc(O)c(Cl)cc2Cl)CC1. The summed E-state index contributed by atoms with van der Waals surface area (Å²) in [6.45, 7) is 5.99. The van der Waals surface area contributed by atoms with E-state index in [0.29, 0.717) is 23.6 Å². The zero-order valence-electron chi connectivity index (χ0n) is 21.2. The fourth-order valence-corrected chi connectivity index (χ4v) is 5.70. The van der Waals surface area contributed by atoms with Crippen LogP contribution in [0.4, 0.5) is 0 Å². The van der Waals surface area contributed by atoms with Crippen molar-refractivity contribution in [2.24, 2.45) is 0 Å². The van der Waals surface area contributed by atoms with Gasteiger partial charge in [0.2, 0.25) is 0 Å². The molecule has 0 radical (unpaired) electrons. The van der Waals surface area contributed by atoms with E-state index in [9.17, 15) is 15.0 Å². The molecular formula is C30H33Cl2NO4. The number of phenolic OH excluding ortho intramolecular Hbond substituents is 1. The molecule has 0 aromatic heterocycles. The van der Waals surface area contributed by atoms with Crippen molar-refractivity contribution in [1.29, 1.82) is 0 Å². The molecule has 0 bridgehead atoms. The molecule has 1 aliphatic heterocycles. The van der Waals surface area contributed by atoms with Gasteiger partial charge in [-0.1, -0.05) is 83.9 Å². The van der Waals surface area contributed by atoms with Crippen molar-refractivity contribution in [3.05, 3.63) is 94.0 Å². The van der Waals surface area contributed by atoms with Crippen LogP contribution in [0, 0.1) is 0 Å². The van der Waals surface area contributed by atoms with Crippen molar-refractivity contribution >= 4 is 29.2 Å². The molecule has 3 aromatic carbocycles. The third-order valence-electron chi connectivity index (χ3n) is 7.60. The summed E-state index contributed by atoms with van der Waals surface area (Å²) in [6, 6.07) is 22.0. The number of carbonyl (C=O) groups is 1. The van der Waals surface area contributed by atoms with Crippen LogP contribution in [-0.2, 0) is 10.2 Å². The van der Waals surface area contributed by atoms with E-state index in [1.54, 1.807) is 0 Å². The number of piperidine rings is 1. The van der Waals surface area contributed by atoms with Crippen LogP contribution in [0.2, 0.25) is 10.0 Å². The summed E-state index contributed by atoms with van der Waals surface area (Å²) in [4.78, 5) is 15.4. The molecule has 2 N–H and O–H groups in total. The van der Waals surface area contributed by atoms with E-state index in [1.807, 2.05) is 60.7 Å². The van der Waals surface area contributed by atoms with Crippen molar-refractivity contribution in [2.75, 3.05) is 13.1 Å². The number of rotatable bonds is 9. The van der Waals surface area contributed by atoms with Crippen LogP contribution in [0.15, 0.2) is 72.8 Å². The normalized spacial score (nSPS) is 15.5. The van der Waals surface area contributed by atoms with Gasteiger partial charge in [-0.2, -0.15) is 0 Å². The fraction of sp³-hybridized carbons (Fsp3) is 0.367. The molecule has 3 aromatic rings. The first-order chi connectivity index (χ1) is 17.6. The van der Waals surface area contributed by atoms with Crippen LogP contribution in [0.3, 0.4) is 0 Å². The molecule has 0 saturated carbocycles. The summed E-state index contributed by atoms with van der Waals surface area (Å²) < 4.78 is 6.09. The van der Waals surface area contributed by atoms with Gasteiger partial charge in [0.15, 0.2) is 0 Å². The number of nitrogens with zero attached hydrogens (tertiary/aromatic N) is 1. The molecule has 7 heteroatoms. The zero-order chi connectivity index (χ0) is 26.6. The number of benzene rings is 3. The van der Waals surface area contributed by atoms with Crippen LogP contribution in [0.1, 0.15) is 50.7 Å². The Morgan fingerprint density at radius 3 is 1.97 bits per heavy atom. The van der Waals surface area contributed by atoms with Crippen molar-refractivity contribution < 1.29 is 19.7 Å². The molecule has 5 nitrogen and oxygen atoms in total. The van der Waals surface area contributed by atoms with E-state index in [2.05, 4.69) is 18.7 Å². The number of halogens is 2. The van der Waals surface area contributed by atoms with Gasteiger partial charge < -0.3 is 14.9 Å². The quantitative estimate of drug-likeness (QED) is 0.300. The van der Waals surface area contributed by atoms with Gasteiger partial charge in [0.25, 0.3) is 0 Å². The number of hydrogen-bond acceptors (Lipinski definition) is 4. The van der Waals surface area contributed by atoms with Crippen molar-refractivity contribution in [1.82, 2.24) is 4.90 Å². The first kappa shape index (κ1) is 27.3. The van der Waals surface area contributed by atoms with Crippen molar-refractivity contribution in [2.45, 2.75) is 56.6 Å². The second kappa shape index (κ2) is 11.3. The largest absolute Gasteiger partial charge is 0.506 e. The third-order valence-corrected chi connectivity index (χ3v) is 8.20. The van der Waals surface area contributed by atoms with Gasteiger partial charge in [-0.05, 0) is 56.7 Å². The molecule has 0 amide bonds. The second-order valence-corrected chi connectivity index (χ2v) is 11.1. The highest BCUT2D eigenvalue weighted by Crippen LogP contribution is 2.41. The van der Waals surface area contributed by atoms with Crippen molar-refractivity contribution in [3.8, 4) is 11.5 Å². The highest BCUT2D eigenvalue weighted by atomic mass is 35.5. The number of aromatic hydroxyl groups is 1. The van der Waals surface area contributed by atoms with E-state index < -0.39 is 11.4 Å². The van der Waals surface area contributed by atoms with Gasteiger partial charge in [-0.3, -0.25) is 9.69 Å². The van der Waals surface area contributed by atoms with E-state index in [-0.39, 0.29) is 22.4 Å². The molecule has 1 saturated heterocycles. The minimum Gasteiger partial charge on any atom is -0.506 e. The summed E-state index contributed by atoms with van der Waals surface area (Å²) in [5.41, 5.74) is 0.236. The molecule has 0 atom stereocenters. The van der Waals surface area contributed by atoms with Crippen LogP contribution in [-0.4, -0.2) is 45.8 Å². The minimum absolute atomic E-state index is 0.0307. The van der Waals surface area contributed by atoms with E-state index >= 15 is 0 Å². The summed E-state index contributed by atoms with van der Waals surface area (Å²) in [7, 11) is 0. The minimum atomic E-state index is -1.13. The molecule has 1 fully saturated rings. The van der Waals surface area contributed by atoms with Crippen LogP contribution in [0.25, 0.3) is 0 Å². The summed E-state index contributed by atoms with van der Waals surface area (Å²) >= 11 is 12.2. The molecule has 0 aliphatic carbocycles. The number of phenols is 1. The van der Waals surface area contributed by atoms with Gasteiger partial charge in [0.1, 0.15) is 23.0 Å². The number of hydrogen-bond donors (Lipinski definition) is 2. The molecule has 0 unspecified atom stereocenters. The molecular weight excluding hydrogens is 509 g/mol. The second-order valence-electron chi connectivity index (χ2n) is 10.3. The topological polar surface area (TPSA) is 70.0 Å². The van der Waals surface area contributed by atoms with Gasteiger partial charge in [-0.15, -0.1) is 0 Å². The third kappa shape index (κ3) is 5.90. The maximum absolute atomic E-state index is 12.9. The van der Waals surface area contributed by atoms with Crippen LogP contribution >= 0.6 is 23.2 Å². The molecule has 37 heavy (non-hydrogen) atoms. The average molecular weight is 543 g/mol. The Hall–Kier alpha value is -2.73. The summed E-state index contributed by atoms with van der Waals surface area (Å²) in [5, 5.41) is 21.1. The Labute approximate surface area is 228 Å². The predicted molar refractivity (Wildman–Crippen MR) is 148 cm³/mol. The molecule has 1 aliphatic rings.